The average molecular weight is 209 g/mol. The van der Waals surface area contributed by atoms with Crippen molar-refractivity contribution in [1.29, 1.82) is 0 Å². The molecule has 0 amide bonds. The number of rotatable bonds is 3. The molecule has 2 aliphatic rings. The molecule has 3 rings (SSSR count). The maximum Gasteiger partial charge on any atom is 0.0932 e. The van der Waals surface area contributed by atoms with E-state index in [-0.39, 0.29) is 0 Å². The molecular formula is C11H15NOS. The van der Waals surface area contributed by atoms with Crippen LogP contribution in [0.3, 0.4) is 0 Å². The van der Waals surface area contributed by atoms with Crippen molar-refractivity contribution in [3.8, 4) is 0 Å². The van der Waals surface area contributed by atoms with Crippen molar-refractivity contribution < 1.29 is 4.74 Å². The van der Waals surface area contributed by atoms with Crippen LogP contribution in [0.5, 0.6) is 0 Å². The van der Waals surface area contributed by atoms with Gasteiger partial charge in [-0.2, -0.15) is 0 Å². The molecule has 76 valence electrons. The summed E-state index contributed by atoms with van der Waals surface area (Å²) in [5.41, 5.74) is 1.35. The summed E-state index contributed by atoms with van der Waals surface area (Å²) >= 11 is 1.84. The van der Waals surface area contributed by atoms with Gasteiger partial charge in [-0.25, -0.2) is 4.98 Å². The van der Waals surface area contributed by atoms with Gasteiger partial charge in [0.05, 0.1) is 10.7 Å². The predicted molar refractivity (Wildman–Crippen MR) is 56.7 cm³/mol. The van der Waals surface area contributed by atoms with Gasteiger partial charge in [-0.15, -0.1) is 11.3 Å². The molecule has 1 unspecified atom stereocenters. The average Bonchev–Trinajstić information content (AvgIpc) is 2.75. The Hall–Kier alpha value is -0.410. The lowest BCUT2D eigenvalue weighted by Gasteiger charge is -2.02. The lowest BCUT2D eigenvalue weighted by molar-refractivity contribution is 0.186. The third kappa shape index (κ3) is 1.84. The maximum atomic E-state index is 5.37. The number of thiazole rings is 1. The van der Waals surface area contributed by atoms with Crippen molar-refractivity contribution in [1.82, 2.24) is 4.98 Å². The highest BCUT2D eigenvalue weighted by Gasteiger charge is 2.26. The fourth-order valence-electron chi connectivity index (χ4n) is 1.98. The first-order valence-electron chi connectivity index (χ1n) is 5.44. The molecule has 1 aromatic rings. The number of aromatic nitrogens is 1. The Kier molecular flexibility index (Phi) is 2.30. The second-order valence-electron chi connectivity index (χ2n) is 4.37. The molecule has 1 aromatic heterocycles. The molecule has 2 fully saturated rings. The van der Waals surface area contributed by atoms with E-state index in [1.165, 1.54) is 30.0 Å². The minimum Gasteiger partial charge on any atom is -0.381 e. The first-order chi connectivity index (χ1) is 6.92. The molecule has 1 aliphatic heterocycles. The number of hydrogen-bond donors (Lipinski definition) is 0. The summed E-state index contributed by atoms with van der Waals surface area (Å²) in [6.45, 7) is 1.89. The zero-order valence-electron chi connectivity index (χ0n) is 8.24. The summed E-state index contributed by atoms with van der Waals surface area (Å²) in [5.74, 6) is 1.54. The normalized spacial score (nSPS) is 27.0. The summed E-state index contributed by atoms with van der Waals surface area (Å²) < 4.78 is 5.37. The van der Waals surface area contributed by atoms with Crippen LogP contribution in [0.1, 0.15) is 35.9 Å². The largest absolute Gasteiger partial charge is 0.381 e. The molecule has 0 spiro atoms. The smallest absolute Gasteiger partial charge is 0.0932 e. The number of ether oxygens (including phenoxy) is 1. The summed E-state index contributed by atoms with van der Waals surface area (Å²) in [6, 6.07) is 0. The van der Waals surface area contributed by atoms with Gasteiger partial charge in [-0.05, 0) is 25.2 Å². The van der Waals surface area contributed by atoms with Gasteiger partial charge in [0, 0.05) is 30.9 Å². The molecule has 1 aliphatic carbocycles. The second kappa shape index (κ2) is 3.63. The Balaban J connectivity index is 1.64. The minimum atomic E-state index is 0.730. The molecule has 1 saturated carbocycles. The summed E-state index contributed by atoms with van der Waals surface area (Å²) in [4.78, 5) is 4.70. The zero-order chi connectivity index (χ0) is 9.38. The highest BCUT2D eigenvalue weighted by molar-refractivity contribution is 7.09. The van der Waals surface area contributed by atoms with Gasteiger partial charge >= 0.3 is 0 Å². The summed E-state index contributed by atoms with van der Waals surface area (Å²) in [5, 5.41) is 3.57. The Labute approximate surface area is 88.3 Å². The molecule has 0 aromatic carbocycles. The molecule has 1 saturated heterocycles. The topological polar surface area (TPSA) is 22.1 Å². The molecular weight excluding hydrogens is 194 g/mol. The molecule has 14 heavy (non-hydrogen) atoms. The third-order valence-corrected chi connectivity index (χ3v) is 3.94. The molecule has 0 N–H and O–H groups in total. The van der Waals surface area contributed by atoms with E-state index in [9.17, 15) is 0 Å². The Bertz CT molecular complexity index is 313. The summed E-state index contributed by atoms with van der Waals surface area (Å²) in [7, 11) is 0. The predicted octanol–water partition coefficient (Wildman–Crippen LogP) is 2.60. The van der Waals surface area contributed by atoms with Gasteiger partial charge in [0.2, 0.25) is 0 Å². The van der Waals surface area contributed by atoms with E-state index in [1.54, 1.807) is 0 Å². The van der Waals surface area contributed by atoms with Crippen LogP contribution in [0.25, 0.3) is 0 Å². The Morgan fingerprint density at radius 3 is 3.07 bits per heavy atom. The zero-order valence-corrected chi connectivity index (χ0v) is 9.05. The molecule has 2 nitrogen and oxygen atoms in total. The van der Waals surface area contributed by atoms with Gasteiger partial charge in [0.25, 0.3) is 0 Å². The van der Waals surface area contributed by atoms with Crippen molar-refractivity contribution in [2.45, 2.75) is 31.6 Å². The molecule has 3 heteroatoms. The fourth-order valence-corrected chi connectivity index (χ4v) is 2.97. The van der Waals surface area contributed by atoms with Crippen LogP contribution in [0, 0.1) is 5.92 Å². The van der Waals surface area contributed by atoms with Gasteiger partial charge in [-0.1, -0.05) is 0 Å². The van der Waals surface area contributed by atoms with Crippen LogP contribution in [-0.2, 0) is 11.2 Å². The first kappa shape index (κ1) is 8.86. The quantitative estimate of drug-likeness (QED) is 0.763. The molecule has 0 radical (unpaired) electrons. The molecule has 1 atom stereocenters. The van der Waals surface area contributed by atoms with Gasteiger partial charge in [-0.3, -0.25) is 0 Å². The van der Waals surface area contributed by atoms with Crippen molar-refractivity contribution in [3.05, 3.63) is 16.1 Å². The van der Waals surface area contributed by atoms with Crippen molar-refractivity contribution in [2.75, 3.05) is 13.2 Å². The number of hydrogen-bond acceptors (Lipinski definition) is 3. The van der Waals surface area contributed by atoms with Gasteiger partial charge in [0.1, 0.15) is 0 Å². The fraction of sp³-hybridized carbons (Fsp3) is 0.727. The maximum absolute atomic E-state index is 5.37. The van der Waals surface area contributed by atoms with Crippen molar-refractivity contribution in [2.24, 2.45) is 5.92 Å². The van der Waals surface area contributed by atoms with Gasteiger partial charge in [0.15, 0.2) is 0 Å². The highest BCUT2D eigenvalue weighted by atomic mass is 32.1. The molecule has 0 bridgehead atoms. The second-order valence-corrected chi connectivity index (χ2v) is 5.32. The molecule has 2 heterocycles. The lowest BCUT2D eigenvalue weighted by atomic mass is 10.1. The van der Waals surface area contributed by atoms with Crippen LogP contribution >= 0.6 is 11.3 Å². The van der Waals surface area contributed by atoms with E-state index < -0.39 is 0 Å². The van der Waals surface area contributed by atoms with E-state index in [4.69, 9.17) is 9.72 Å². The van der Waals surface area contributed by atoms with Crippen LogP contribution in [0.2, 0.25) is 0 Å². The van der Waals surface area contributed by atoms with E-state index >= 15 is 0 Å². The van der Waals surface area contributed by atoms with Crippen LogP contribution in [0.15, 0.2) is 5.38 Å². The van der Waals surface area contributed by atoms with Crippen LogP contribution in [0.4, 0.5) is 0 Å². The standard InChI is InChI=1S/C11H15NOS/c1-2-9(1)10-7-14-11(12-10)5-8-3-4-13-6-8/h7-9H,1-6H2. The van der Waals surface area contributed by atoms with E-state index in [1.807, 2.05) is 11.3 Å². The lowest BCUT2D eigenvalue weighted by Crippen LogP contribution is -2.03. The third-order valence-electron chi connectivity index (χ3n) is 3.05. The Morgan fingerprint density at radius 2 is 2.36 bits per heavy atom. The van der Waals surface area contributed by atoms with E-state index in [0.717, 1.165) is 31.5 Å². The van der Waals surface area contributed by atoms with Gasteiger partial charge < -0.3 is 4.74 Å². The van der Waals surface area contributed by atoms with Crippen molar-refractivity contribution >= 4 is 11.3 Å². The van der Waals surface area contributed by atoms with E-state index in [2.05, 4.69) is 5.38 Å². The van der Waals surface area contributed by atoms with Crippen LogP contribution < -0.4 is 0 Å². The van der Waals surface area contributed by atoms with E-state index in [0.29, 0.717) is 0 Å². The highest BCUT2D eigenvalue weighted by Crippen LogP contribution is 2.40. The Morgan fingerprint density at radius 1 is 1.43 bits per heavy atom. The summed E-state index contributed by atoms with van der Waals surface area (Å²) in [6.07, 6.45) is 5.07. The monoisotopic (exact) mass is 209 g/mol. The van der Waals surface area contributed by atoms with Crippen molar-refractivity contribution in [3.63, 3.8) is 0 Å². The van der Waals surface area contributed by atoms with Crippen LogP contribution in [-0.4, -0.2) is 18.2 Å². The minimum absolute atomic E-state index is 0.730. The number of nitrogens with zero attached hydrogens (tertiary/aromatic N) is 1. The SMILES string of the molecule is c1sc(CC2CCOC2)nc1C1CC1. The first-order valence-corrected chi connectivity index (χ1v) is 6.32.